The topological polar surface area (TPSA) is 212 Å². The third-order valence-corrected chi connectivity index (χ3v) is 21.3. The Hall–Kier alpha value is -8.86. The van der Waals surface area contributed by atoms with E-state index >= 15 is 0 Å². The van der Waals surface area contributed by atoms with Crippen LogP contribution >= 0.6 is 0 Å². The van der Waals surface area contributed by atoms with Crippen molar-refractivity contribution in [3.8, 4) is 17.1 Å². The van der Waals surface area contributed by atoms with Gasteiger partial charge in [-0.3, -0.25) is 28.9 Å². The number of carbonyl (C=O) groups excluding carboxylic acids is 2. The van der Waals surface area contributed by atoms with Crippen LogP contribution in [-0.4, -0.2) is 101 Å². The number of sulfonamides is 1. The number of rotatable bonds is 15. The molecule has 0 amide bonds. The first-order valence-corrected chi connectivity index (χ1v) is 32.1. The van der Waals surface area contributed by atoms with Gasteiger partial charge in [-0.15, -0.1) is 0 Å². The Morgan fingerprint density at radius 3 is 1.65 bits per heavy atom. The first-order chi connectivity index (χ1) is 42.1. The number of ether oxygens (including phenoxy) is 1. The van der Waals surface area contributed by atoms with Crippen LogP contribution in [0.2, 0.25) is 0 Å². The number of fused-ring (bicyclic) bond motifs is 4. The molecule has 0 bridgehead atoms. The summed E-state index contributed by atoms with van der Waals surface area (Å²) < 4.78 is 96.1. The van der Waals surface area contributed by atoms with Crippen LogP contribution in [-0.2, 0) is 53.3 Å². The number of Topliss-reactive ketones (excluding diaryl/α,β-unsaturated/α-hetero) is 2. The molecule has 0 spiro atoms. The molecule has 4 aliphatic rings. The number of allylic oxidation sites excluding steroid dienone is 2. The van der Waals surface area contributed by atoms with E-state index in [1.807, 2.05) is 63.3 Å². The van der Waals surface area contributed by atoms with Crippen LogP contribution < -0.4 is 4.74 Å². The molecule has 6 heterocycles. The van der Waals surface area contributed by atoms with Gasteiger partial charge < -0.3 is 4.74 Å². The Labute approximate surface area is 509 Å². The number of aryl methyl sites for hydroxylation is 5. The second kappa shape index (κ2) is 23.3. The van der Waals surface area contributed by atoms with Crippen molar-refractivity contribution >= 4 is 43.6 Å². The first kappa shape index (κ1) is 59.5. The highest BCUT2D eigenvalue weighted by molar-refractivity contribution is 7.91. The van der Waals surface area contributed by atoms with Crippen LogP contribution in [0.25, 0.3) is 23.5 Å². The molecule has 18 nitrogen and oxygen atoms in total. The number of hydrogen-bond donors (Lipinski definition) is 0. The van der Waals surface area contributed by atoms with E-state index < -0.39 is 36.7 Å². The summed E-state index contributed by atoms with van der Waals surface area (Å²) in [6.07, 6.45) is 17.6. The second-order valence-electron chi connectivity index (χ2n) is 23.6. The minimum Gasteiger partial charge on any atom is -0.497 e. The lowest BCUT2D eigenvalue weighted by Gasteiger charge is -2.46. The molecule has 3 aromatic carbocycles. The van der Waals surface area contributed by atoms with Crippen molar-refractivity contribution in [1.29, 1.82) is 0 Å². The number of pyridine rings is 2. The lowest BCUT2D eigenvalue weighted by molar-refractivity contribution is 0.0733. The molecule has 0 unspecified atom stereocenters. The molecule has 22 heteroatoms. The van der Waals surface area contributed by atoms with Crippen molar-refractivity contribution < 1.29 is 39.9 Å². The molecule has 0 aliphatic heterocycles. The summed E-state index contributed by atoms with van der Waals surface area (Å²) >= 11 is 0. The zero-order valence-electron chi connectivity index (χ0n) is 49.5. The molecule has 0 radical (unpaired) electrons. The van der Waals surface area contributed by atoms with Gasteiger partial charge in [0.2, 0.25) is 0 Å². The number of nitrogens with zero attached hydrogens (tertiary/aromatic N) is 11. The molecule has 0 saturated heterocycles. The molecule has 452 valence electrons. The van der Waals surface area contributed by atoms with Gasteiger partial charge in [-0.1, -0.05) is 17.2 Å². The molecule has 2 fully saturated rings. The summed E-state index contributed by atoms with van der Waals surface area (Å²) in [6.45, 7) is 5.86. The van der Waals surface area contributed by atoms with Crippen molar-refractivity contribution in [2.24, 2.45) is 30.8 Å². The Balaban J connectivity index is 0.000000176. The summed E-state index contributed by atoms with van der Waals surface area (Å²) in [7, 11) is -2.75. The molecule has 4 atom stereocenters. The number of aromatic nitrogens is 10. The van der Waals surface area contributed by atoms with Gasteiger partial charge in [0, 0.05) is 51.5 Å². The van der Waals surface area contributed by atoms with E-state index in [4.69, 9.17) is 4.74 Å². The van der Waals surface area contributed by atoms with Gasteiger partial charge in [-0.25, -0.2) is 35.0 Å². The standard InChI is InChI=1S/C37H37FN6O4S.C29H28FN5O3S/c1-24-13-15-39-33(17-24)36(45)37-20-27-22-40-44(30-10-7-29(38)8-11-30)34(27)19-28(37)6-9-31(21-37)43(49(46,47)35-14-16-42(3)41-35)23-26-5-12-32(48-4)18-25(26)2;1-19-9-11-31-25(13-19)28(36)29-15-20(18-39(37,38)27-10-12-34(2)33-27)3-4-22(29)14-26-21(16-29)17-32-35(26)24-7-5-23(30)6-8-24/h5,7-8,10-19,22,31H,6,9,20-21,23H2,1-4H3;5-14,17,20H,3-4,15-16,18H2,1-2H3/t31-,37-;20-,29+/m00/s1. The quantitative estimate of drug-likeness (QED) is 0.0875. The molecule has 13 rings (SSSR count). The number of carbonyl (C=O) groups is 2. The fourth-order valence-electron chi connectivity index (χ4n) is 13.2. The third kappa shape index (κ3) is 11.3. The van der Waals surface area contributed by atoms with Crippen molar-refractivity contribution in [3.63, 3.8) is 0 Å². The van der Waals surface area contributed by atoms with Crippen LogP contribution in [0.3, 0.4) is 0 Å². The molecule has 0 N–H and O–H groups in total. The van der Waals surface area contributed by atoms with Gasteiger partial charge >= 0.3 is 0 Å². The Kier molecular flexibility index (Phi) is 15.8. The largest absolute Gasteiger partial charge is 0.497 e. The van der Waals surface area contributed by atoms with E-state index in [1.54, 1.807) is 104 Å². The summed E-state index contributed by atoms with van der Waals surface area (Å²) in [5, 5.41) is 17.6. The highest BCUT2D eigenvalue weighted by Gasteiger charge is 2.53. The lowest BCUT2D eigenvalue weighted by atomic mass is 9.59. The fraction of sp³-hybridized carbons (Fsp3) is 0.303. The maximum atomic E-state index is 14.8. The Bertz CT molecular complexity index is 4490. The summed E-state index contributed by atoms with van der Waals surface area (Å²) in [5.74, 6) is -0.534. The minimum atomic E-state index is -4.09. The highest BCUT2D eigenvalue weighted by Crippen LogP contribution is 2.54. The first-order valence-electron chi connectivity index (χ1n) is 29.0. The monoisotopic (exact) mass is 1230 g/mol. The van der Waals surface area contributed by atoms with Crippen LogP contribution in [0.15, 0.2) is 162 Å². The van der Waals surface area contributed by atoms with Crippen LogP contribution in [0.5, 0.6) is 5.75 Å². The highest BCUT2D eigenvalue weighted by atomic mass is 32.2. The summed E-state index contributed by atoms with van der Waals surface area (Å²) in [4.78, 5) is 38.0. The maximum Gasteiger partial charge on any atom is 0.262 e. The van der Waals surface area contributed by atoms with Gasteiger partial charge in [0.25, 0.3) is 10.0 Å². The molecular formula is C66H65F2N11O7S2. The SMILES string of the molecule is COc1ccc(CN([C@H]2CCC3=Cc4c(cnn4-c4ccc(F)cc4)C[C@]3(C(=O)c3cc(C)ccn3)C2)S(=O)(=O)c2ccn(C)n2)c(C)c1.Cc1ccnc(C(=O)[C@]23Cc4cnn(-c5ccc(F)cc5)c4C=C2CC[C@H](CS(=O)(=O)c2ccn(C)n2)C3)c1. The molecule has 88 heavy (non-hydrogen) atoms. The van der Waals surface area contributed by atoms with Crippen LogP contribution in [0, 0.1) is 49.2 Å². The number of methoxy groups -OCH3 is 1. The fourth-order valence-corrected chi connectivity index (χ4v) is 16.4. The van der Waals surface area contributed by atoms with E-state index in [1.165, 1.54) is 50.1 Å². The molecule has 2 saturated carbocycles. The average molecular weight is 1230 g/mol. The Morgan fingerprint density at radius 1 is 0.648 bits per heavy atom. The second-order valence-corrected chi connectivity index (χ2v) is 27.4. The predicted molar refractivity (Wildman–Crippen MR) is 326 cm³/mol. The zero-order chi connectivity index (χ0) is 61.9. The molecular weight excluding hydrogens is 1160 g/mol. The Morgan fingerprint density at radius 2 is 1.16 bits per heavy atom. The third-order valence-electron chi connectivity index (χ3n) is 17.7. The minimum absolute atomic E-state index is 0.0465. The molecule has 9 aromatic rings. The van der Waals surface area contributed by atoms with E-state index in [9.17, 15) is 35.2 Å². The smallest absolute Gasteiger partial charge is 0.262 e. The van der Waals surface area contributed by atoms with Gasteiger partial charge in [0.05, 0.1) is 58.8 Å². The normalized spacial score (nSPS) is 19.7. The van der Waals surface area contributed by atoms with E-state index in [0.29, 0.717) is 67.8 Å². The number of hydrogen-bond acceptors (Lipinski definition) is 13. The number of sulfone groups is 1. The number of benzene rings is 3. The van der Waals surface area contributed by atoms with Crippen molar-refractivity contribution in [1.82, 2.24) is 53.4 Å². The van der Waals surface area contributed by atoms with Crippen LogP contribution in [0.1, 0.15) is 104 Å². The molecule has 4 aliphatic carbocycles. The summed E-state index contributed by atoms with van der Waals surface area (Å²) in [5.41, 5.74) is 8.99. The van der Waals surface area contributed by atoms with Gasteiger partial charge in [-0.05, 0) is 221 Å². The van der Waals surface area contributed by atoms with Crippen molar-refractivity contribution in [2.45, 2.75) is 94.8 Å². The van der Waals surface area contributed by atoms with E-state index in [0.717, 1.165) is 61.6 Å². The van der Waals surface area contributed by atoms with Crippen molar-refractivity contribution in [2.75, 3.05) is 12.9 Å². The zero-order valence-corrected chi connectivity index (χ0v) is 51.1. The predicted octanol–water partition coefficient (Wildman–Crippen LogP) is 10.5. The van der Waals surface area contributed by atoms with E-state index in [2.05, 4.69) is 30.4 Å². The molecule has 6 aromatic heterocycles. The number of halogens is 2. The number of ketones is 2. The summed E-state index contributed by atoms with van der Waals surface area (Å²) in [6, 6.07) is 27.6. The van der Waals surface area contributed by atoms with Crippen LogP contribution in [0.4, 0.5) is 8.78 Å². The van der Waals surface area contributed by atoms with Crippen molar-refractivity contribution in [3.05, 3.63) is 219 Å². The van der Waals surface area contributed by atoms with E-state index in [-0.39, 0.29) is 57.9 Å². The maximum absolute atomic E-state index is 14.8. The van der Waals surface area contributed by atoms with Gasteiger partial charge in [0.1, 0.15) is 28.8 Å². The van der Waals surface area contributed by atoms with Gasteiger partial charge in [-0.2, -0.15) is 24.7 Å². The lowest BCUT2D eigenvalue weighted by Crippen LogP contribution is -2.50. The average Bonchev–Trinajstić information content (AvgIpc) is 1.22. The van der Waals surface area contributed by atoms with Gasteiger partial charge in [0.15, 0.2) is 31.5 Å².